The van der Waals surface area contributed by atoms with Gasteiger partial charge in [0.05, 0.1) is 0 Å². The van der Waals surface area contributed by atoms with Crippen molar-refractivity contribution in [3.05, 3.63) is 59.7 Å². The lowest BCUT2D eigenvalue weighted by Crippen LogP contribution is -2.13. The number of hydrogen-bond acceptors (Lipinski definition) is 2. The summed E-state index contributed by atoms with van der Waals surface area (Å²) in [5, 5.41) is 0. The van der Waals surface area contributed by atoms with Crippen LogP contribution in [0.25, 0.3) is 11.1 Å². The summed E-state index contributed by atoms with van der Waals surface area (Å²) in [6.07, 6.45) is 0. The normalized spacial score (nSPS) is 10.2. The van der Waals surface area contributed by atoms with Crippen molar-refractivity contribution in [1.82, 2.24) is 0 Å². The smallest absolute Gasteiger partial charge is 0.249 e. The molecule has 2 rings (SSSR count). The molecule has 3 heteroatoms. The summed E-state index contributed by atoms with van der Waals surface area (Å²) < 4.78 is 0. The van der Waals surface area contributed by atoms with E-state index in [0.29, 0.717) is 12.1 Å². The Hall–Kier alpha value is -2.13. The highest BCUT2D eigenvalue weighted by atomic mass is 16.1. The van der Waals surface area contributed by atoms with Crippen LogP contribution in [0.1, 0.15) is 15.9 Å². The largest absolute Gasteiger partial charge is 0.366 e. The number of carbonyl (C=O) groups excluding carboxylic acids is 1. The zero-order valence-electron chi connectivity index (χ0n) is 9.39. The average molecular weight is 226 g/mol. The maximum absolute atomic E-state index is 11.4. The number of benzene rings is 2. The first-order valence-corrected chi connectivity index (χ1v) is 5.40. The van der Waals surface area contributed by atoms with Gasteiger partial charge >= 0.3 is 0 Å². The van der Waals surface area contributed by atoms with E-state index in [1.807, 2.05) is 42.5 Å². The van der Waals surface area contributed by atoms with E-state index in [2.05, 4.69) is 0 Å². The monoisotopic (exact) mass is 226 g/mol. The van der Waals surface area contributed by atoms with Gasteiger partial charge in [0.2, 0.25) is 5.91 Å². The third-order valence-electron chi connectivity index (χ3n) is 2.67. The van der Waals surface area contributed by atoms with Crippen LogP contribution >= 0.6 is 0 Å². The van der Waals surface area contributed by atoms with Gasteiger partial charge in [-0.25, -0.2) is 0 Å². The van der Waals surface area contributed by atoms with E-state index in [1.54, 1.807) is 6.07 Å². The highest BCUT2D eigenvalue weighted by Crippen LogP contribution is 2.24. The molecule has 0 unspecified atom stereocenters. The molecule has 0 fully saturated rings. The van der Waals surface area contributed by atoms with Crippen LogP contribution in [0.4, 0.5) is 0 Å². The highest BCUT2D eigenvalue weighted by molar-refractivity contribution is 5.99. The Balaban J connectivity index is 2.61. The Kier molecular flexibility index (Phi) is 3.21. The molecule has 0 aliphatic rings. The molecule has 17 heavy (non-hydrogen) atoms. The molecule has 0 atom stereocenters. The molecule has 2 aromatic carbocycles. The molecule has 4 N–H and O–H groups in total. The van der Waals surface area contributed by atoms with Crippen LogP contribution in [0.2, 0.25) is 0 Å². The summed E-state index contributed by atoms with van der Waals surface area (Å²) in [6, 6.07) is 15.1. The van der Waals surface area contributed by atoms with Crippen LogP contribution in [0, 0.1) is 0 Å². The van der Waals surface area contributed by atoms with Gasteiger partial charge in [0.1, 0.15) is 0 Å². The van der Waals surface area contributed by atoms with Gasteiger partial charge < -0.3 is 11.5 Å². The summed E-state index contributed by atoms with van der Waals surface area (Å²) in [4.78, 5) is 11.4. The van der Waals surface area contributed by atoms with Gasteiger partial charge in [-0.2, -0.15) is 0 Å². The Labute approximate surface area is 100 Å². The second kappa shape index (κ2) is 4.80. The van der Waals surface area contributed by atoms with Crippen LogP contribution in [0.3, 0.4) is 0 Å². The van der Waals surface area contributed by atoms with Gasteiger partial charge in [-0.15, -0.1) is 0 Å². The topological polar surface area (TPSA) is 69.1 Å². The van der Waals surface area contributed by atoms with Crippen LogP contribution < -0.4 is 11.5 Å². The van der Waals surface area contributed by atoms with Gasteiger partial charge in [-0.3, -0.25) is 4.79 Å². The van der Waals surface area contributed by atoms with Crippen LogP contribution in [0.5, 0.6) is 0 Å². The second-order valence-electron chi connectivity index (χ2n) is 3.81. The zero-order valence-corrected chi connectivity index (χ0v) is 9.39. The van der Waals surface area contributed by atoms with Gasteiger partial charge in [-0.05, 0) is 28.8 Å². The van der Waals surface area contributed by atoms with Crippen LogP contribution in [0.15, 0.2) is 48.5 Å². The van der Waals surface area contributed by atoms with Crippen LogP contribution in [-0.2, 0) is 6.54 Å². The van der Waals surface area contributed by atoms with Crippen molar-refractivity contribution >= 4 is 5.91 Å². The number of primary amides is 1. The SMILES string of the molecule is NCc1ccc(C(N)=O)c(-c2ccccc2)c1. The Morgan fingerprint density at radius 2 is 1.76 bits per heavy atom. The first kappa shape index (κ1) is 11.4. The lowest BCUT2D eigenvalue weighted by Gasteiger charge is -2.09. The average Bonchev–Trinajstić information content (AvgIpc) is 2.39. The summed E-state index contributed by atoms with van der Waals surface area (Å²) in [5.41, 5.74) is 14.3. The predicted octanol–water partition coefficient (Wildman–Crippen LogP) is 1.91. The van der Waals surface area contributed by atoms with Crippen molar-refractivity contribution in [2.75, 3.05) is 0 Å². The van der Waals surface area contributed by atoms with Crippen LogP contribution in [-0.4, -0.2) is 5.91 Å². The minimum Gasteiger partial charge on any atom is -0.366 e. The van der Waals surface area contributed by atoms with E-state index in [1.165, 1.54) is 0 Å². The Morgan fingerprint density at radius 3 is 2.35 bits per heavy atom. The van der Waals surface area contributed by atoms with Crippen molar-refractivity contribution in [3.63, 3.8) is 0 Å². The number of nitrogens with two attached hydrogens (primary N) is 2. The van der Waals surface area contributed by atoms with Crippen molar-refractivity contribution in [2.45, 2.75) is 6.54 Å². The van der Waals surface area contributed by atoms with Crippen molar-refractivity contribution < 1.29 is 4.79 Å². The van der Waals surface area contributed by atoms with E-state index in [-0.39, 0.29) is 0 Å². The molecule has 0 aliphatic heterocycles. The number of amides is 1. The number of hydrogen-bond donors (Lipinski definition) is 2. The van der Waals surface area contributed by atoms with Crippen molar-refractivity contribution in [3.8, 4) is 11.1 Å². The maximum atomic E-state index is 11.4. The standard InChI is InChI=1S/C14H14N2O/c15-9-10-6-7-12(14(16)17)13(8-10)11-4-2-1-3-5-11/h1-8H,9,15H2,(H2,16,17). The van der Waals surface area contributed by atoms with Gasteiger partial charge in [0, 0.05) is 12.1 Å². The number of rotatable bonds is 3. The quantitative estimate of drug-likeness (QED) is 0.839. The Morgan fingerprint density at radius 1 is 1.06 bits per heavy atom. The summed E-state index contributed by atoms with van der Waals surface area (Å²) in [5.74, 6) is -0.424. The van der Waals surface area contributed by atoms with E-state index in [9.17, 15) is 4.79 Å². The molecule has 0 heterocycles. The molecule has 0 aliphatic carbocycles. The molecule has 86 valence electrons. The van der Waals surface area contributed by atoms with E-state index >= 15 is 0 Å². The highest BCUT2D eigenvalue weighted by Gasteiger charge is 2.10. The lowest BCUT2D eigenvalue weighted by atomic mass is 9.97. The van der Waals surface area contributed by atoms with Gasteiger partial charge in [0.25, 0.3) is 0 Å². The third kappa shape index (κ3) is 2.34. The summed E-state index contributed by atoms with van der Waals surface area (Å²) in [6.45, 7) is 0.443. The molecule has 0 radical (unpaired) electrons. The molecule has 3 nitrogen and oxygen atoms in total. The fourth-order valence-electron chi connectivity index (χ4n) is 1.79. The zero-order chi connectivity index (χ0) is 12.3. The summed E-state index contributed by atoms with van der Waals surface area (Å²) >= 11 is 0. The molecule has 0 spiro atoms. The fraction of sp³-hybridized carbons (Fsp3) is 0.0714. The lowest BCUT2D eigenvalue weighted by molar-refractivity contribution is 0.100. The van der Waals surface area contributed by atoms with Crippen molar-refractivity contribution in [1.29, 1.82) is 0 Å². The van der Waals surface area contributed by atoms with E-state index in [0.717, 1.165) is 16.7 Å². The molecular formula is C14H14N2O. The van der Waals surface area contributed by atoms with Gasteiger partial charge in [-0.1, -0.05) is 36.4 Å². The molecule has 0 saturated heterocycles. The first-order valence-electron chi connectivity index (χ1n) is 5.40. The molecule has 0 saturated carbocycles. The molecule has 2 aromatic rings. The minimum atomic E-state index is -0.424. The summed E-state index contributed by atoms with van der Waals surface area (Å²) in [7, 11) is 0. The third-order valence-corrected chi connectivity index (χ3v) is 2.67. The Bertz CT molecular complexity index is 535. The number of carbonyl (C=O) groups is 1. The van der Waals surface area contributed by atoms with E-state index < -0.39 is 5.91 Å². The van der Waals surface area contributed by atoms with Crippen molar-refractivity contribution in [2.24, 2.45) is 11.5 Å². The predicted molar refractivity (Wildman–Crippen MR) is 68.3 cm³/mol. The minimum absolute atomic E-state index is 0.424. The molecule has 0 aromatic heterocycles. The maximum Gasteiger partial charge on any atom is 0.249 e. The second-order valence-corrected chi connectivity index (χ2v) is 3.81. The molecule has 1 amide bonds. The fourth-order valence-corrected chi connectivity index (χ4v) is 1.79. The molecule has 0 bridgehead atoms. The van der Waals surface area contributed by atoms with E-state index in [4.69, 9.17) is 11.5 Å². The first-order chi connectivity index (χ1) is 8.22. The molecular weight excluding hydrogens is 212 g/mol. The van der Waals surface area contributed by atoms with Gasteiger partial charge in [0.15, 0.2) is 0 Å².